The zero-order valence-corrected chi connectivity index (χ0v) is 13.3. The number of hydrogen-bond donors (Lipinski definition) is 1. The first-order chi connectivity index (χ1) is 11.8. The van der Waals surface area contributed by atoms with Gasteiger partial charge in [-0.3, -0.25) is 9.59 Å². The van der Waals surface area contributed by atoms with E-state index in [0.717, 1.165) is 11.1 Å². The molecule has 2 aromatic rings. The van der Waals surface area contributed by atoms with Crippen molar-refractivity contribution in [3.8, 4) is 5.75 Å². The number of nitrogens with zero attached hydrogens (tertiary/aromatic N) is 1. The molecule has 0 unspecified atom stereocenters. The Morgan fingerprint density at radius 1 is 1.32 bits per heavy atom. The van der Waals surface area contributed by atoms with Gasteiger partial charge in [0, 0.05) is 24.8 Å². The average molecular weight is 352 g/mol. The number of fused-ring (bicyclic) bond motifs is 1. The fourth-order valence-electron chi connectivity index (χ4n) is 2.92. The van der Waals surface area contributed by atoms with Crippen LogP contribution in [0.25, 0.3) is 0 Å². The number of methoxy groups -OCH3 is 1. The van der Waals surface area contributed by atoms with E-state index >= 15 is 0 Å². The lowest BCUT2D eigenvalue weighted by atomic mass is 9.98. The summed E-state index contributed by atoms with van der Waals surface area (Å²) < 4.78 is 43.8. The number of alkyl halides is 3. The number of carbonyl (C=O) groups is 1. The SMILES string of the molecule is COc1cccc2c1CCN(C(=O)c1cc(C(F)(F)F)c[nH]c1=O)C2. The van der Waals surface area contributed by atoms with Crippen molar-refractivity contribution < 1.29 is 22.7 Å². The van der Waals surface area contributed by atoms with Gasteiger partial charge in [0.1, 0.15) is 11.3 Å². The molecule has 0 spiro atoms. The van der Waals surface area contributed by atoms with Crippen molar-refractivity contribution in [1.82, 2.24) is 9.88 Å². The number of rotatable bonds is 2. The van der Waals surface area contributed by atoms with Gasteiger partial charge < -0.3 is 14.6 Å². The zero-order valence-electron chi connectivity index (χ0n) is 13.3. The quantitative estimate of drug-likeness (QED) is 0.904. The lowest BCUT2D eigenvalue weighted by Crippen LogP contribution is -2.38. The van der Waals surface area contributed by atoms with Crippen LogP contribution in [0.4, 0.5) is 13.2 Å². The Labute approximate surface area is 141 Å². The number of amides is 1. The lowest BCUT2D eigenvalue weighted by Gasteiger charge is -2.29. The van der Waals surface area contributed by atoms with Gasteiger partial charge in [-0.2, -0.15) is 13.2 Å². The fourth-order valence-corrected chi connectivity index (χ4v) is 2.92. The predicted octanol–water partition coefficient (Wildman–Crippen LogP) is 2.60. The van der Waals surface area contributed by atoms with E-state index in [1.165, 1.54) is 4.90 Å². The van der Waals surface area contributed by atoms with Gasteiger partial charge in [-0.05, 0) is 24.1 Å². The number of pyridine rings is 1. The number of benzene rings is 1. The molecule has 0 saturated heterocycles. The van der Waals surface area contributed by atoms with Crippen LogP contribution in [-0.4, -0.2) is 29.4 Å². The largest absolute Gasteiger partial charge is 0.496 e. The third-order valence-corrected chi connectivity index (χ3v) is 4.19. The summed E-state index contributed by atoms with van der Waals surface area (Å²) in [6.07, 6.45) is -3.57. The summed E-state index contributed by atoms with van der Waals surface area (Å²) in [5.74, 6) is -0.0117. The van der Waals surface area contributed by atoms with E-state index in [9.17, 15) is 22.8 Å². The third kappa shape index (κ3) is 3.24. The molecule has 25 heavy (non-hydrogen) atoms. The van der Waals surface area contributed by atoms with Crippen LogP contribution in [0.2, 0.25) is 0 Å². The van der Waals surface area contributed by atoms with Gasteiger partial charge in [-0.1, -0.05) is 12.1 Å². The first-order valence-electron chi connectivity index (χ1n) is 7.55. The van der Waals surface area contributed by atoms with Crippen molar-refractivity contribution in [2.75, 3.05) is 13.7 Å². The maximum absolute atomic E-state index is 12.8. The molecule has 8 heteroatoms. The minimum atomic E-state index is -4.64. The number of aromatic amines is 1. The first-order valence-corrected chi connectivity index (χ1v) is 7.55. The molecule has 1 aliphatic rings. The Hall–Kier alpha value is -2.77. The van der Waals surface area contributed by atoms with Gasteiger partial charge in [0.2, 0.25) is 0 Å². The zero-order chi connectivity index (χ0) is 18.2. The second-order valence-electron chi connectivity index (χ2n) is 5.70. The number of ether oxygens (including phenoxy) is 1. The van der Waals surface area contributed by atoms with E-state index in [4.69, 9.17) is 4.74 Å². The molecule has 2 heterocycles. The Kier molecular flexibility index (Phi) is 4.28. The minimum absolute atomic E-state index is 0.209. The summed E-state index contributed by atoms with van der Waals surface area (Å²) in [5.41, 5.74) is -0.598. The second kappa shape index (κ2) is 6.27. The Morgan fingerprint density at radius 2 is 2.08 bits per heavy atom. The summed E-state index contributed by atoms with van der Waals surface area (Å²) in [6.45, 7) is 0.503. The molecule has 0 saturated carbocycles. The molecule has 5 nitrogen and oxygen atoms in total. The molecule has 132 valence electrons. The molecular formula is C17H15F3N2O3. The summed E-state index contributed by atoms with van der Waals surface area (Å²) in [4.78, 5) is 27.8. The van der Waals surface area contributed by atoms with Crippen molar-refractivity contribution in [3.05, 3.63) is 63.1 Å². The third-order valence-electron chi connectivity index (χ3n) is 4.19. The highest BCUT2D eigenvalue weighted by Crippen LogP contribution is 2.30. The van der Waals surface area contributed by atoms with Gasteiger partial charge in [0.05, 0.1) is 12.7 Å². The summed E-state index contributed by atoms with van der Waals surface area (Å²) in [7, 11) is 1.55. The van der Waals surface area contributed by atoms with Gasteiger partial charge in [-0.15, -0.1) is 0 Å². The number of H-pyrrole nitrogens is 1. The predicted molar refractivity (Wildman–Crippen MR) is 83.5 cm³/mol. The topological polar surface area (TPSA) is 62.4 Å². The van der Waals surface area contributed by atoms with E-state index in [2.05, 4.69) is 0 Å². The Balaban J connectivity index is 1.91. The van der Waals surface area contributed by atoms with Crippen LogP contribution < -0.4 is 10.3 Å². The monoisotopic (exact) mass is 352 g/mol. The van der Waals surface area contributed by atoms with E-state index in [0.29, 0.717) is 31.0 Å². The molecule has 1 aromatic heterocycles. The van der Waals surface area contributed by atoms with E-state index in [-0.39, 0.29) is 6.54 Å². The van der Waals surface area contributed by atoms with Crippen LogP contribution in [0, 0.1) is 0 Å². The number of carbonyl (C=O) groups excluding carboxylic acids is 1. The van der Waals surface area contributed by atoms with Crippen molar-refractivity contribution in [2.24, 2.45) is 0 Å². The standard InChI is InChI=1S/C17H15F3N2O3/c1-25-14-4-2-3-10-9-22(6-5-12(10)14)16(24)13-7-11(17(18,19)20)8-21-15(13)23/h2-4,7-8H,5-6,9H2,1H3,(H,21,23). The van der Waals surface area contributed by atoms with Crippen molar-refractivity contribution >= 4 is 5.91 Å². The minimum Gasteiger partial charge on any atom is -0.496 e. The molecule has 3 rings (SSSR count). The highest BCUT2D eigenvalue weighted by atomic mass is 19.4. The highest BCUT2D eigenvalue weighted by Gasteiger charge is 2.33. The maximum Gasteiger partial charge on any atom is 0.417 e. The van der Waals surface area contributed by atoms with Crippen LogP contribution in [0.5, 0.6) is 5.75 Å². The molecule has 1 N–H and O–H groups in total. The van der Waals surface area contributed by atoms with Crippen molar-refractivity contribution in [3.63, 3.8) is 0 Å². The highest BCUT2D eigenvalue weighted by molar-refractivity contribution is 5.94. The molecule has 0 aliphatic carbocycles. The molecule has 1 amide bonds. The van der Waals surface area contributed by atoms with Gasteiger partial charge in [0.25, 0.3) is 11.5 Å². The van der Waals surface area contributed by atoms with Crippen molar-refractivity contribution in [1.29, 1.82) is 0 Å². The van der Waals surface area contributed by atoms with Crippen LogP contribution >= 0.6 is 0 Å². The van der Waals surface area contributed by atoms with E-state index < -0.39 is 28.8 Å². The lowest BCUT2D eigenvalue weighted by molar-refractivity contribution is -0.137. The number of aromatic nitrogens is 1. The van der Waals surface area contributed by atoms with Crippen molar-refractivity contribution in [2.45, 2.75) is 19.1 Å². The molecule has 0 bridgehead atoms. The number of hydrogen-bond acceptors (Lipinski definition) is 3. The summed E-state index contributed by atoms with van der Waals surface area (Å²) >= 11 is 0. The molecule has 1 aromatic carbocycles. The van der Waals surface area contributed by atoms with Crippen LogP contribution in [-0.2, 0) is 19.1 Å². The molecule has 0 radical (unpaired) electrons. The molecular weight excluding hydrogens is 337 g/mol. The van der Waals surface area contributed by atoms with Gasteiger partial charge in [-0.25, -0.2) is 0 Å². The van der Waals surface area contributed by atoms with Crippen LogP contribution in [0.15, 0.2) is 35.3 Å². The Bertz CT molecular complexity index is 874. The number of halogens is 3. The number of nitrogens with one attached hydrogen (secondary N) is 1. The van der Waals surface area contributed by atoms with E-state index in [1.807, 2.05) is 17.1 Å². The van der Waals surface area contributed by atoms with Crippen LogP contribution in [0.1, 0.15) is 27.0 Å². The first kappa shape index (κ1) is 17.1. The fraction of sp³-hybridized carbons (Fsp3) is 0.294. The molecule has 1 aliphatic heterocycles. The Morgan fingerprint density at radius 3 is 2.76 bits per heavy atom. The average Bonchev–Trinajstić information content (AvgIpc) is 2.59. The van der Waals surface area contributed by atoms with Gasteiger partial charge >= 0.3 is 6.18 Å². The molecule has 0 atom stereocenters. The maximum atomic E-state index is 12.8. The summed E-state index contributed by atoms with van der Waals surface area (Å²) in [5, 5.41) is 0. The van der Waals surface area contributed by atoms with Crippen LogP contribution in [0.3, 0.4) is 0 Å². The smallest absolute Gasteiger partial charge is 0.417 e. The van der Waals surface area contributed by atoms with Gasteiger partial charge in [0.15, 0.2) is 0 Å². The van der Waals surface area contributed by atoms with E-state index in [1.54, 1.807) is 13.2 Å². The second-order valence-corrected chi connectivity index (χ2v) is 5.70. The normalized spacial score (nSPS) is 14.2. The summed E-state index contributed by atoms with van der Waals surface area (Å²) in [6, 6.07) is 6.02. The molecule has 0 fully saturated rings.